The van der Waals surface area contributed by atoms with E-state index in [0.29, 0.717) is 16.9 Å². The molecule has 1 aliphatic rings. The molecule has 0 unspecified atom stereocenters. The van der Waals surface area contributed by atoms with Crippen LogP contribution in [0.5, 0.6) is 5.75 Å². The third kappa shape index (κ3) is 3.32. The highest BCUT2D eigenvalue weighted by Gasteiger charge is 2.24. The number of ether oxygens (including phenoxy) is 2. The summed E-state index contributed by atoms with van der Waals surface area (Å²) in [7, 11) is 1.57. The van der Waals surface area contributed by atoms with Gasteiger partial charge < -0.3 is 9.47 Å². The summed E-state index contributed by atoms with van der Waals surface area (Å²) in [4.78, 5) is 16.1. The topological polar surface area (TPSA) is 47.9 Å². The Morgan fingerprint density at radius 1 is 1.22 bits per heavy atom. The number of esters is 1. The minimum atomic E-state index is -0.545. The SMILES string of the molecule is COc1ccc(C2=N/C(=C/c3ccc(F)cc3)C(=O)O2)cc1Br. The van der Waals surface area contributed by atoms with E-state index in [-0.39, 0.29) is 17.4 Å². The Morgan fingerprint density at radius 3 is 2.61 bits per heavy atom. The van der Waals surface area contributed by atoms with Crippen molar-refractivity contribution in [3.63, 3.8) is 0 Å². The molecule has 0 saturated carbocycles. The first-order valence-electron chi connectivity index (χ1n) is 6.69. The molecule has 0 atom stereocenters. The van der Waals surface area contributed by atoms with Gasteiger partial charge in [-0.3, -0.25) is 0 Å². The largest absolute Gasteiger partial charge is 0.496 e. The summed E-state index contributed by atoms with van der Waals surface area (Å²) in [5, 5.41) is 0. The van der Waals surface area contributed by atoms with E-state index in [4.69, 9.17) is 9.47 Å². The predicted octanol–water partition coefficient (Wildman–Crippen LogP) is 3.94. The molecule has 0 spiro atoms. The molecule has 6 heteroatoms. The molecule has 2 aromatic carbocycles. The summed E-state index contributed by atoms with van der Waals surface area (Å²) >= 11 is 3.37. The van der Waals surface area contributed by atoms with Crippen molar-refractivity contribution in [3.05, 3.63) is 69.6 Å². The van der Waals surface area contributed by atoms with Crippen LogP contribution in [0.2, 0.25) is 0 Å². The number of benzene rings is 2. The molecular weight excluding hydrogens is 365 g/mol. The summed E-state index contributed by atoms with van der Waals surface area (Å²) < 4.78 is 24.0. The van der Waals surface area contributed by atoms with Crippen molar-refractivity contribution in [1.82, 2.24) is 0 Å². The van der Waals surface area contributed by atoms with Gasteiger partial charge in [-0.05, 0) is 57.9 Å². The Kier molecular flexibility index (Phi) is 4.25. The quantitative estimate of drug-likeness (QED) is 0.602. The highest BCUT2D eigenvalue weighted by Crippen LogP contribution is 2.27. The van der Waals surface area contributed by atoms with Crippen LogP contribution in [-0.2, 0) is 9.53 Å². The Bertz CT molecular complexity index is 828. The number of aliphatic imine (C=N–C) groups is 1. The van der Waals surface area contributed by atoms with Crippen LogP contribution in [0.15, 0.2) is 57.6 Å². The number of hydrogen-bond donors (Lipinski definition) is 0. The minimum Gasteiger partial charge on any atom is -0.496 e. The number of hydrogen-bond acceptors (Lipinski definition) is 4. The Morgan fingerprint density at radius 2 is 1.96 bits per heavy atom. The Hall–Kier alpha value is -2.47. The van der Waals surface area contributed by atoms with Crippen LogP contribution in [0.25, 0.3) is 6.08 Å². The first kappa shape index (κ1) is 15.4. The van der Waals surface area contributed by atoms with Crippen molar-refractivity contribution in [2.24, 2.45) is 4.99 Å². The van der Waals surface area contributed by atoms with Crippen molar-refractivity contribution >= 4 is 33.9 Å². The molecule has 0 bridgehead atoms. The third-order valence-electron chi connectivity index (χ3n) is 3.19. The lowest BCUT2D eigenvalue weighted by Crippen LogP contribution is -2.05. The van der Waals surface area contributed by atoms with E-state index in [0.717, 1.165) is 4.47 Å². The van der Waals surface area contributed by atoms with E-state index in [1.165, 1.54) is 12.1 Å². The van der Waals surface area contributed by atoms with E-state index in [2.05, 4.69) is 20.9 Å². The molecule has 116 valence electrons. The van der Waals surface area contributed by atoms with Crippen molar-refractivity contribution in [2.75, 3.05) is 7.11 Å². The van der Waals surface area contributed by atoms with Crippen LogP contribution >= 0.6 is 15.9 Å². The van der Waals surface area contributed by atoms with Crippen LogP contribution in [0, 0.1) is 5.82 Å². The summed E-state index contributed by atoms with van der Waals surface area (Å²) in [5.74, 6) is -0.00264. The fraction of sp³-hybridized carbons (Fsp3) is 0.0588. The van der Waals surface area contributed by atoms with Crippen LogP contribution in [0.4, 0.5) is 4.39 Å². The van der Waals surface area contributed by atoms with E-state index >= 15 is 0 Å². The average Bonchev–Trinajstić information content (AvgIpc) is 2.90. The maximum absolute atomic E-state index is 12.9. The number of nitrogens with zero attached hydrogens (tertiary/aromatic N) is 1. The normalized spacial score (nSPS) is 15.5. The number of rotatable bonds is 3. The fourth-order valence-electron chi connectivity index (χ4n) is 2.05. The zero-order chi connectivity index (χ0) is 16.4. The van der Waals surface area contributed by atoms with Gasteiger partial charge in [0.05, 0.1) is 11.6 Å². The maximum Gasteiger partial charge on any atom is 0.363 e. The van der Waals surface area contributed by atoms with Gasteiger partial charge in [-0.2, -0.15) is 0 Å². The van der Waals surface area contributed by atoms with Crippen molar-refractivity contribution in [3.8, 4) is 5.75 Å². The van der Waals surface area contributed by atoms with Crippen LogP contribution in [0.1, 0.15) is 11.1 Å². The van der Waals surface area contributed by atoms with Crippen LogP contribution < -0.4 is 4.74 Å². The second-order valence-electron chi connectivity index (χ2n) is 4.74. The number of halogens is 2. The van der Waals surface area contributed by atoms with Gasteiger partial charge in [-0.15, -0.1) is 0 Å². The van der Waals surface area contributed by atoms with Crippen LogP contribution in [0.3, 0.4) is 0 Å². The Labute approximate surface area is 140 Å². The second-order valence-corrected chi connectivity index (χ2v) is 5.59. The minimum absolute atomic E-state index is 0.165. The lowest BCUT2D eigenvalue weighted by Gasteiger charge is -2.05. The summed E-state index contributed by atoms with van der Waals surface area (Å²) in [6.45, 7) is 0. The molecular formula is C17H11BrFNO3. The van der Waals surface area contributed by atoms with Gasteiger partial charge in [0, 0.05) is 5.56 Å². The smallest absolute Gasteiger partial charge is 0.363 e. The first-order chi connectivity index (χ1) is 11.1. The number of methoxy groups -OCH3 is 1. The van der Waals surface area contributed by atoms with E-state index < -0.39 is 5.97 Å². The Balaban J connectivity index is 1.92. The summed E-state index contributed by atoms with van der Waals surface area (Å²) in [6, 6.07) is 11.0. The molecule has 4 nitrogen and oxygen atoms in total. The van der Waals surface area contributed by atoms with Gasteiger partial charge in [-0.1, -0.05) is 12.1 Å². The van der Waals surface area contributed by atoms with Gasteiger partial charge in [0.25, 0.3) is 0 Å². The van der Waals surface area contributed by atoms with E-state index in [9.17, 15) is 9.18 Å². The molecule has 0 radical (unpaired) electrons. The van der Waals surface area contributed by atoms with E-state index in [1.807, 2.05) is 0 Å². The molecule has 2 aromatic rings. The zero-order valence-corrected chi connectivity index (χ0v) is 13.6. The number of carbonyl (C=O) groups excluding carboxylic acids is 1. The van der Waals surface area contributed by atoms with Crippen molar-refractivity contribution in [1.29, 1.82) is 0 Å². The maximum atomic E-state index is 12.9. The van der Waals surface area contributed by atoms with Gasteiger partial charge in [-0.25, -0.2) is 14.2 Å². The standard InChI is InChI=1S/C17H11BrFNO3/c1-22-15-7-4-11(9-13(15)18)16-20-14(17(21)23-16)8-10-2-5-12(19)6-3-10/h2-9H,1H3/b14-8+. The molecule has 0 aliphatic carbocycles. The van der Waals surface area contributed by atoms with Gasteiger partial charge in [0.15, 0.2) is 5.70 Å². The molecule has 1 heterocycles. The van der Waals surface area contributed by atoms with Crippen molar-refractivity contribution in [2.45, 2.75) is 0 Å². The highest BCUT2D eigenvalue weighted by atomic mass is 79.9. The van der Waals surface area contributed by atoms with Crippen LogP contribution in [-0.4, -0.2) is 19.0 Å². The predicted molar refractivity (Wildman–Crippen MR) is 87.7 cm³/mol. The molecule has 23 heavy (non-hydrogen) atoms. The zero-order valence-electron chi connectivity index (χ0n) is 12.0. The summed E-state index contributed by atoms with van der Waals surface area (Å²) in [6.07, 6.45) is 1.55. The highest BCUT2D eigenvalue weighted by molar-refractivity contribution is 9.10. The molecule has 0 aromatic heterocycles. The molecule has 0 amide bonds. The molecule has 1 aliphatic heterocycles. The first-order valence-corrected chi connectivity index (χ1v) is 7.48. The third-order valence-corrected chi connectivity index (χ3v) is 3.81. The second kappa shape index (κ2) is 6.34. The molecule has 0 fully saturated rings. The monoisotopic (exact) mass is 375 g/mol. The van der Waals surface area contributed by atoms with Gasteiger partial charge >= 0.3 is 5.97 Å². The lowest BCUT2D eigenvalue weighted by atomic mass is 10.2. The van der Waals surface area contributed by atoms with Gasteiger partial charge in [0.1, 0.15) is 11.6 Å². The van der Waals surface area contributed by atoms with E-state index in [1.54, 1.807) is 43.5 Å². The number of carbonyl (C=O) groups is 1. The molecule has 0 saturated heterocycles. The molecule has 0 N–H and O–H groups in total. The fourth-order valence-corrected chi connectivity index (χ4v) is 2.59. The average molecular weight is 376 g/mol. The van der Waals surface area contributed by atoms with Gasteiger partial charge in [0.2, 0.25) is 5.90 Å². The lowest BCUT2D eigenvalue weighted by molar-refractivity contribution is -0.129. The van der Waals surface area contributed by atoms with Crippen molar-refractivity contribution < 1.29 is 18.7 Å². The molecule has 3 rings (SSSR count). The summed E-state index contributed by atoms with van der Waals surface area (Å²) in [5.41, 5.74) is 1.48. The number of cyclic esters (lactones) is 1.